The molecule has 2 aliphatic heterocycles. The Hall–Kier alpha value is -5.24. The number of carbonyl (C=O) groups is 4. The maximum atomic E-state index is 15.0. The number of Topliss-reactive ketones (excluding diaryl/α,β-unsaturated/α-hetero) is 1. The van der Waals surface area contributed by atoms with Gasteiger partial charge in [-0.05, 0) is 105 Å². The minimum Gasteiger partial charge on any atom is -0.457 e. The summed E-state index contributed by atoms with van der Waals surface area (Å²) in [5.74, 6) is -1.90. The number of likely N-dealkylation sites (N-methyl/N-ethyl adjacent to an activating group) is 2. The zero-order valence-electron chi connectivity index (χ0n) is 38.8. The second kappa shape index (κ2) is 23.2. The van der Waals surface area contributed by atoms with Crippen molar-refractivity contribution in [2.75, 3.05) is 40.3 Å². The van der Waals surface area contributed by atoms with Gasteiger partial charge in [-0.25, -0.2) is 4.98 Å². The molecule has 0 bridgehead atoms. The molecule has 3 amide bonds. The van der Waals surface area contributed by atoms with Gasteiger partial charge in [0.15, 0.2) is 5.78 Å². The quantitative estimate of drug-likeness (QED) is 0.131. The third-order valence-electron chi connectivity index (χ3n) is 13.4. The van der Waals surface area contributed by atoms with Crippen LogP contribution in [0.5, 0.6) is 11.5 Å². The summed E-state index contributed by atoms with van der Waals surface area (Å²) in [4.78, 5) is 70.1. The van der Waals surface area contributed by atoms with Crippen molar-refractivity contribution in [1.29, 1.82) is 0 Å². The van der Waals surface area contributed by atoms with Gasteiger partial charge >= 0.3 is 0 Å². The predicted molar refractivity (Wildman–Crippen MR) is 264 cm³/mol. The summed E-state index contributed by atoms with van der Waals surface area (Å²) in [6.45, 7) is 6.04. The van der Waals surface area contributed by atoms with E-state index in [1.807, 2.05) is 86.9 Å². The van der Waals surface area contributed by atoms with Gasteiger partial charge in [0.1, 0.15) is 17.3 Å². The van der Waals surface area contributed by atoms with E-state index in [4.69, 9.17) is 32.9 Å². The Morgan fingerprint density at radius 1 is 0.821 bits per heavy atom. The Morgan fingerprint density at radius 3 is 2.16 bits per heavy atom. The Balaban J connectivity index is 0.00000741. The molecular formula is C52H61Cl3N6O6. The van der Waals surface area contributed by atoms with E-state index in [0.29, 0.717) is 33.5 Å². The molecule has 15 heteroatoms. The third kappa shape index (κ3) is 12.5. The number of hydrogen-bond acceptors (Lipinski definition) is 8. The molecule has 1 N–H and O–H groups in total. The van der Waals surface area contributed by atoms with Crippen molar-refractivity contribution in [1.82, 2.24) is 29.2 Å². The smallest absolute Gasteiger partial charge is 0.228 e. The number of halogens is 3. The zero-order chi connectivity index (χ0) is 47.1. The number of aliphatic hydroxyl groups is 1. The highest BCUT2D eigenvalue weighted by Gasteiger charge is 2.39. The number of benzene rings is 4. The Bertz CT molecular complexity index is 2480. The number of nitrogens with zero attached hydrogens (tertiary/aromatic N) is 6. The molecule has 3 heterocycles. The molecule has 4 aromatic carbocycles. The van der Waals surface area contributed by atoms with E-state index in [-0.39, 0.29) is 50.2 Å². The van der Waals surface area contributed by atoms with Crippen LogP contribution in [0.3, 0.4) is 0 Å². The number of aromatic nitrogens is 2. The molecule has 0 spiro atoms. The number of carbonyl (C=O) groups excluding carboxylic acids is 4. The highest BCUT2D eigenvalue weighted by molar-refractivity contribution is 6.31. The minimum atomic E-state index is -1.08. The van der Waals surface area contributed by atoms with Crippen LogP contribution in [0.25, 0.3) is 11.3 Å². The second-order valence-electron chi connectivity index (χ2n) is 17.9. The molecule has 12 nitrogen and oxygen atoms in total. The van der Waals surface area contributed by atoms with Crippen LogP contribution in [-0.2, 0) is 45.7 Å². The minimum absolute atomic E-state index is 0. The number of aliphatic hydroxyl groups excluding tert-OH is 1. The van der Waals surface area contributed by atoms with Crippen molar-refractivity contribution < 1.29 is 29.0 Å². The molecule has 2 aliphatic rings. The maximum absolute atomic E-state index is 15.0. The maximum Gasteiger partial charge on any atom is 0.228 e. The molecule has 2 saturated heterocycles. The van der Waals surface area contributed by atoms with Crippen molar-refractivity contribution in [2.45, 2.75) is 77.0 Å². The lowest BCUT2D eigenvalue weighted by atomic mass is 9.83. The van der Waals surface area contributed by atoms with Gasteiger partial charge in [0.25, 0.3) is 0 Å². The van der Waals surface area contributed by atoms with Crippen molar-refractivity contribution in [2.24, 2.45) is 18.9 Å². The van der Waals surface area contributed by atoms with E-state index in [9.17, 15) is 24.3 Å². The fourth-order valence-electron chi connectivity index (χ4n) is 9.17. The Kier molecular flexibility index (Phi) is 17.7. The van der Waals surface area contributed by atoms with Crippen LogP contribution in [0.15, 0.2) is 103 Å². The molecule has 0 aliphatic carbocycles. The summed E-state index contributed by atoms with van der Waals surface area (Å²) in [5, 5.41) is 11.6. The highest BCUT2D eigenvalue weighted by atomic mass is 35.5. The number of amides is 3. The summed E-state index contributed by atoms with van der Waals surface area (Å²) < 4.78 is 8.61. The molecule has 1 aromatic heterocycles. The molecule has 0 saturated carbocycles. The molecule has 0 unspecified atom stereocenters. The zero-order valence-corrected chi connectivity index (χ0v) is 41.1. The second-order valence-corrected chi connectivity index (χ2v) is 18.8. The normalized spacial score (nSPS) is 20.7. The van der Waals surface area contributed by atoms with Gasteiger partial charge in [0.2, 0.25) is 17.7 Å². The monoisotopic (exact) mass is 970 g/mol. The molecule has 356 valence electrons. The van der Waals surface area contributed by atoms with Crippen molar-refractivity contribution in [3.63, 3.8) is 0 Å². The number of ketones is 1. The predicted octanol–water partition coefficient (Wildman–Crippen LogP) is 8.84. The van der Waals surface area contributed by atoms with E-state index < -0.39 is 48.1 Å². The van der Waals surface area contributed by atoms with Crippen LogP contribution in [-0.4, -0.2) is 110 Å². The Morgan fingerprint density at radius 2 is 1.49 bits per heavy atom. The van der Waals surface area contributed by atoms with Crippen molar-refractivity contribution in [3.05, 3.63) is 136 Å². The average molecular weight is 972 g/mol. The lowest BCUT2D eigenvalue weighted by Gasteiger charge is -2.37. The standard InChI is InChI=1S/C52H60Cl2N6O6.ClH/c1-34(37-11-7-6-8-12-37)45-28-50(63)60(35(2)47(62)26-40(33-61)51(64)57(4)43(31-56(3)52(45)65)25-36-13-18-41(53)19-14-36)30-39-15-20-42(54)27-48(39)66-44-21-16-38(17-22-44)46-29-55-49(58(46)5)32-59-23-9-10-24-59;/h6-8,11-22,27,29,34-35,40,43,45,61H,9-10,23-26,28,30-33H2,1-5H3;1H/t34-,35-,40-,43+,45-;/m0./s1. The molecule has 7 rings (SSSR count). The fourth-order valence-corrected chi connectivity index (χ4v) is 9.45. The topological polar surface area (TPSA) is 129 Å². The lowest BCUT2D eigenvalue weighted by molar-refractivity contribution is -0.148. The third-order valence-corrected chi connectivity index (χ3v) is 13.9. The van der Waals surface area contributed by atoms with E-state index in [1.54, 1.807) is 56.3 Å². The summed E-state index contributed by atoms with van der Waals surface area (Å²) in [7, 11) is 5.37. The van der Waals surface area contributed by atoms with E-state index >= 15 is 0 Å². The number of imidazole rings is 1. The molecular weight excluding hydrogens is 911 g/mol. The van der Waals surface area contributed by atoms with Crippen LogP contribution < -0.4 is 4.74 Å². The number of rotatable bonds is 12. The van der Waals surface area contributed by atoms with E-state index in [2.05, 4.69) is 9.47 Å². The van der Waals surface area contributed by atoms with Gasteiger partial charge < -0.3 is 29.1 Å². The Labute approximate surface area is 410 Å². The first kappa shape index (κ1) is 51.2. The van der Waals surface area contributed by atoms with Crippen LogP contribution in [0.1, 0.15) is 68.0 Å². The van der Waals surface area contributed by atoms with Gasteiger partial charge in [0.05, 0.1) is 55.5 Å². The van der Waals surface area contributed by atoms with Crippen LogP contribution in [0, 0.1) is 11.8 Å². The van der Waals surface area contributed by atoms with E-state index in [1.165, 1.54) is 22.6 Å². The van der Waals surface area contributed by atoms with Crippen molar-refractivity contribution >= 4 is 59.1 Å². The summed E-state index contributed by atoms with van der Waals surface area (Å²) >= 11 is 12.8. The van der Waals surface area contributed by atoms with Gasteiger partial charge in [-0.1, -0.05) is 78.7 Å². The molecule has 2 fully saturated rings. The largest absolute Gasteiger partial charge is 0.457 e. The summed E-state index contributed by atoms with van der Waals surface area (Å²) in [5.41, 5.74) is 4.31. The van der Waals surface area contributed by atoms with Crippen LogP contribution in [0.4, 0.5) is 0 Å². The molecule has 67 heavy (non-hydrogen) atoms. The lowest BCUT2D eigenvalue weighted by Crippen LogP contribution is -2.52. The highest BCUT2D eigenvalue weighted by Crippen LogP contribution is 2.35. The first-order chi connectivity index (χ1) is 31.7. The van der Waals surface area contributed by atoms with E-state index in [0.717, 1.165) is 47.8 Å². The SMILES string of the molecule is C[C@@H](c1ccccc1)[C@@H]1CC(=O)N(Cc2ccc(Cl)cc2Oc2ccc(-c3cnc(CN4CCCC4)n3C)cc2)[C@@H](C)C(=O)C[C@@H](CO)C(=O)N(C)[C@H](Cc2ccc(Cl)cc2)CN(C)C1=O.Cl. The first-order valence-corrected chi connectivity index (χ1v) is 23.5. The number of ether oxygens (including phenoxy) is 1. The summed E-state index contributed by atoms with van der Waals surface area (Å²) in [6.07, 6.45) is 4.20. The first-order valence-electron chi connectivity index (χ1n) is 22.7. The van der Waals surface area contributed by atoms with Crippen LogP contribution in [0.2, 0.25) is 10.0 Å². The average Bonchev–Trinajstić information content (AvgIpc) is 3.98. The molecule has 0 radical (unpaired) electrons. The number of hydrogen-bond donors (Lipinski definition) is 1. The van der Waals surface area contributed by atoms with Gasteiger partial charge in [-0.3, -0.25) is 24.1 Å². The van der Waals surface area contributed by atoms with Crippen molar-refractivity contribution in [3.8, 4) is 22.8 Å². The number of likely N-dealkylation sites (tertiary alicyclic amines) is 1. The fraction of sp³-hybridized carbons (Fsp3) is 0.404. The van der Waals surface area contributed by atoms with Crippen LogP contribution >= 0.6 is 35.6 Å². The van der Waals surface area contributed by atoms with Gasteiger partial charge in [0, 0.05) is 61.7 Å². The molecule has 5 aromatic rings. The van der Waals surface area contributed by atoms with Gasteiger partial charge in [-0.2, -0.15) is 0 Å². The summed E-state index contributed by atoms with van der Waals surface area (Å²) in [6, 6.07) is 28.1. The van der Waals surface area contributed by atoms with Gasteiger partial charge in [-0.15, -0.1) is 12.4 Å². The molecule has 5 atom stereocenters.